The molecule has 1 atom stereocenters. The van der Waals surface area contributed by atoms with Gasteiger partial charge in [-0.1, -0.05) is 23.2 Å². The van der Waals surface area contributed by atoms with Crippen LogP contribution in [0.3, 0.4) is 0 Å². The molecule has 2 heterocycles. The molecule has 2 aliphatic heterocycles. The minimum atomic E-state index is -1.78. The third kappa shape index (κ3) is 1.21. The number of hydrogen-bond acceptors (Lipinski definition) is 3. The Morgan fingerprint density at radius 3 is 2.28 bits per heavy atom. The van der Waals surface area contributed by atoms with Crippen molar-refractivity contribution >= 4 is 46.7 Å². The second-order valence-corrected chi connectivity index (χ2v) is 4.77. The number of hydrogen-bond donors (Lipinski definition) is 3. The van der Waals surface area contributed by atoms with E-state index in [2.05, 4.69) is 10.6 Å². The summed E-state index contributed by atoms with van der Waals surface area (Å²) >= 11 is 11.8. The molecular weight excluding hydrogens is 281 g/mol. The molecule has 8 heteroatoms. The molecule has 1 unspecified atom stereocenters. The van der Waals surface area contributed by atoms with Crippen LogP contribution in [0.4, 0.5) is 10.5 Å². The summed E-state index contributed by atoms with van der Waals surface area (Å²) in [6.45, 7) is 0. The average molecular weight is 286 g/mol. The normalized spacial score (nSPS) is 24.9. The van der Waals surface area contributed by atoms with Crippen LogP contribution in [-0.2, 0) is 15.1 Å². The molecule has 92 valence electrons. The highest BCUT2D eigenvalue weighted by molar-refractivity contribution is 6.39. The molecule has 3 rings (SSSR count). The second-order valence-electron chi connectivity index (χ2n) is 3.92. The van der Waals surface area contributed by atoms with Crippen molar-refractivity contribution in [1.82, 2.24) is 10.6 Å². The van der Waals surface area contributed by atoms with Crippen LogP contribution in [0.2, 0.25) is 10.0 Å². The van der Waals surface area contributed by atoms with E-state index in [0.717, 1.165) is 0 Å². The maximum absolute atomic E-state index is 12.0. The quantitative estimate of drug-likeness (QED) is 0.491. The molecule has 18 heavy (non-hydrogen) atoms. The van der Waals surface area contributed by atoms with Crippen LogP contribution in [0.5, 0.6) is 0 Å². The second kappa shape index (κ2) is 3.37. The summed E-state index contributed by atoms with van der Waals surface area (Å²) in [5.74, 6) is -1.41. The monoisotopic (exact) mass is 285 g/mol. The first kappa shape index (κ1) is 11.3. The number of carbonyl (C=O) groups excluding carboxylic acids is 3. The summed E-state index contributed by atoms with van der Waals surface area (Å²) < 4.78 is 0. The third-order valence-corrected chi connectivity index (χ3v) is 3.42. The van der Waals surface area contributed by atoms with Crippen molar-refractivity contribution in [1.29, 1.82) is 0 Å². The van der Waals surface area contributed by atoms with E-state index < -0.39 is 23.4 Å². The Hall–Kier alpha value is -1.79. The van der Waals surface area contributed by atoms with Gasteiger partial charge in [0, 0.05) is 10.6 Å². The van der Waals surface area contributed by atoms with Crippen molar-refractivity contribution in [3.63, 3.8) is 0 Å². The van der Waals surface area contributed by atoms with E-state index in [-0.39, 0.29) is 21.3 Å². The lowest BCUT2D eigenvalue weighted by molar-refractivity contribution is -0.132. The predicted octanol–water partition coefficient (Wildman–Crippen LogP) is 0.980. The van der Waals surface area contributed by atoms with Crippen molar-refractivity contribution in [3.05, 3.63) is 27.7 Å². The molecule has 2 aliphatic rings. The largest absolute Gasteiger partial charge is 0.323 e. The number of anilines is 1. The van der Waals surface area contributed by atoms with Gasteiger partial charge in [-0.25, -0.2) is 4.79 Å². The van der Waals surface area contributed by atoms with Gasteiger partial charge in [0.2, 0.25) is 5.54 Å². The lowest BCUT2D eigenvalue weighted by atomic mass is 9.91. The molecule has 0 saturated carbocycles. The first-order valence-corrected chi connectivity index (χ1v) is 5.65. The van der Waals surface area contributed by atoms with Crippen LogP contribution in [0.1, 0.15) is 5.56 Å². The Balaban J connectivity index is 2.30. The number of nitrogens with one attached hydrogen (secondary N) is 3. The van der Waals surface area contributed by atoms with Crippen LogP contribution < -0.4 is 16.0 Å². The van der Waals surface area contributed by atoms with Crippen molar-refractivity contribution < 1.29 is 14.4 Å². The first-order valence-electron chi connectivity index (χ1n) is 4.90. The topological polar surface area (TPSA) is 87.3 Å². The van der Waals surface area contributed by atoms with E-state index in [1.807, 2.05) is 5.32 Å². The fraction of sp³-hybridized carbons (Fsp3) is 0.100. The zero-order chi connectivity index (χ0) is 13.1. The molecule has 1 fully saturated rings. The zero-order valence-corrected chi connectivity index (χ0v) is 10.1. The van der Waals surface area contributed by atoms with Gasteiger partial charge in [0.25, 0.3) is 11.8 Å². The number of rotatable bonds is 0. The minimum absolute atomic E-state index is 0.205. The molecule has 6 nitrogen and oxygen atoms in total. The number of benzene rings is 1. The Morgan fingerprint density at radius 2 is 1.67 bits per heavy atom. The molecule has 0 aromatic heterocycles. The lowest BCUT2D eigenvalue weighted by Gasteiger charge is -2.17. The summed E-state index contributed by atoms with van der Waals surface area (Å²) in [5.41, 5.74) is -1.25. The van der Waals surface area contributed by atoms with Crippen molar-refractivity contribution in [2.75, 3.05) is 5.32 Å². The molecule has 3 N–H and O–H groups in total. The average Bonchev–Trinajstić information content (AvgIpc) is 2.71. The lowest BCUT2D eigenvalue weighted by Crippen LogP contribution is -2.49. The van der Waals surface area contributed by atoms with E-state index in [1.54, 1.807) is 0 Å². The van der Waals surface area contributed by atoms with Gasteiger partial charge in [-0.2, -0.15) is 0 Å². The molecular formula is C10H5Cl2N3O3. The maximum atomic E-state index is 12.0. The highest BCUT2D eigenvalue weighted by Crippen LogP contribution is 2.43. The fourth-order valence-corrected chi connectivity index (χ4v) is 2.67. The summed E-state index contributed by atoms with van der Waals surface area (Å²) in [6, 6.07) is 2.13. The number of amides is 4. The minimum Gasteiger partial charge on any atom is -0.322 e. The molecule has 0 radical (unpaired) electrons. The molecule has 4 amide bonds. The molecule has 1 spiro atoms. The summed E-state index contributed by atoms with van der Waals surface area (Å²) in [7, 11) is 0. The Morgan fingerprint density at radius 1 is 1.00 bits per heavy atom. The van der Waals surface area contributed by atoms with Crippen LogP contribution in [-0.4, -0.2) is 17.8 Å². The van der Waals surface area contributed by atoms with Gasteiger partial charge < -0.3 is 10.6 Å². The highest BCUT2D eigenvalue weighted by Gasteiger charge is 2.59. The van der Waals surface area contributed by atoms with Gasteiger partial charge in [0.05, 0.1) is 10.7 Å². The Bertz CT molecular complexity index is 631. The summed E-state index contributed by atoms with van der Waals surface area (Å²) in [4.78, 5) is 35.1. The van der Waals surface area contributed by atoms with Crippen LogP contribution >= 0.6 is 23.2 Å². The molecule has 1 saturated heterocycles. The van der Waals surface area contributed by atoms with Crippen LogP contribution in [0, 0.1) is 0 Å². The molecule has 1 aromatic carbocycles. The van der Waals surface area contributed by atoms with E-state index in [4.69, 9.17) is 23.2 Å². The van der Waals surface area contributed by atoms with Crippen molar-refractivity contribution in [2.45, 2.75) is 5.54 Å². The Kier molecular flexibility index (Phi) is 2.11. The van der Waals surface area contributed by atoms with Crippen molar-refractivity contribution in [3.8, 4) is 0 Å². The smallest absolute Gasteiger partial charge is 0.322 e. The van der Waals surface area contributed by atoms with Gasteiger partial charge in [0.15, 0.2) is 0 Å². The Labute approximate surface area is 111 Å². The standard InChI is InChI=1S/C10H5Cl2N3O3/c11-3-1-4-6(5(12)2-3)13-7(16)10(4)8(17)14-9(18)15-10/h1-2H,(H,13,16)(H2,14,15,17,18). The van der Waals surface area contributed by atoms with E-state index in [1.165, 1.54) is 12.1 Å². The number of fused-ring (bicyclic) bond motifs is 2. The SMILES string of the molecule is O=C1NC(=O)C2(N1)C(=O)Nc1c(Cl)cc(Cl)cc12. The highest BCUT2D eigenvalue weighted by atomic mass is 35.5. The van der Waals surface area contributed by atoms with E-state index >= 15 is 0 Å². The first-order chi connectivity index (χ1) is 8.45. The summed E-state index contributed by atoms with van der Waals surface area (Å²) in [5, 5.41) is 7.28. The third-order valence-electron chi connectivity index (χ3n) is 2.91. The van der Waals surface area contributed by atoms with Gasteiger partial charge in [-0.05, 0) is 12.1 Å². The van der Waals surface area contributed by atoms with Gasteiger partial charge in [-0.3, -0.25) is 14.9 Å². The number of imide groups is 1. The molecule has 0 aliphatic carbocycles. The van der Waals surface area contributed by atoms with Gasteiger partial charge in [-0.15, -0.1) is 0 Å². The maximum Gasteiger partial charge on any atom is 0.323 e. The predicted molar refractivity (Wildman–Crippen MR) is 63.4 cm³/mol. The van der Waals surface area contributed by atoms with Crippen molar-refractivity contribution in [2.24, 2.45) is 0 Å². The van der Waals surface area contributed by atoms with Gasteiger partial charge in [0.1, 0.15) is 0 Å². The molecule has 1 aromatic rings. The molecule has 0 bridgehead atoms. The fourth-order valence-electron chi connectivity index (χ4n) is 2.13. The van der Waals surface area contributed by atoms with Crippen LogP contribution in [0.15, 0.2) is 12.1 Å². The number of urea groups is 1. The van der Waals surface area contributed by atoms with E-state index in [9.17, 15) is 14.4 Å². The van der Waals surface area contributed by atoms with E-state index in [0.29, 0.717) is 0 Å². The van der Waals surface area contributed by atoms with Crippen LogP contribution in [0.25, 0.3) is 0 Å². The number of carbonyl (C=O) groups is 3. The van der Waals surface area contributed by atoms with Gasteiger partial charge >= 0.3 is 6.03 Å². The zero-order valence-electron chi connectivity index (χ0n) is 8.64. The number of halogens is 2. The summed E-state index contributed by atoms with van der Waals surface area (Å²) in [6.07, 6.45) is 0.